The van der Waals surface area contributed by atoms with E-state index >= 15 is 0 Å². The Hall–Kier alpha value is -0.960. The van der Waals surface area contributed by atoms with Crippen molar-refractivity contribution in [2.24, 2.45) is 0 Å². The smallest absolute Gasteiger partial charge is 0.0454 e. The average molecular weight is 320 g/mol. The van der Waals surface area contributed by atoms with Gasteiger partial charge in [0.2, 0.25) is 0 Å². The Kier molecular flexibility index (Phi) is 6.62. The van der Waals surface area contributed by atoms with E-state index < -0.39 is 0 Å². The van der Waals surface area contributed by atoms with Crippen LogP contribution in [0.5, 0.6) is 0 Å². The van der Waals surface area contributed by atoms with Crippen molar-refractivity contribution in [3.8, 4) is 0 Å². The van der Waals surface area contributed by atoms with Crippen molar-refractivity contribution in [3.05, 3.63) is 64.7 Å². The van der Waals surface area contributed by atoms with Crippen LogP contribution in [0.25, 0.3) is 0 Å². The summed E-state index contributed by atoms with van der Waals surface area (Å²) >= 11 is 8.22. The summed E-state index contributed by atoms with van der Waals surface area (Å²) in [6.07, 6.45) is 1.12. The normalized spacial score (nSPS) is 12.3. The SMILES string of the molecule is CCCNC(CSc1ccc(C)cc1)c1ccccc1Cl. The molecule has 0 aromatic heterocycles. The Bertz CT molecular complexity index is 553. The first kappa shape index (κ1) is 16.4. The second kappa shape index (κ2) is 8.47. The number of thioether (sulfide) groups is 1. The number of halogens is 1. The lowest BCUT2D eigenvalue weighted by Crippen LogP contribution is -2.24. The molecule has 0 bridgehead atoms. The van der Waals surface area contributed by atoms with E-state index in [1.165, 1.54) is 16.0 Å². The van der Waals surface area contributed by atoms with E-state index in [9.17, 15) is 0 Å². The van der Waals surface area contributed by atoms with E-state index in [4.69, 9.17) is 11.6 Å². The summed E-state index contributed by atoms with van der Waals surface area (Å²) in [5.74, 6) is 0.979. The van der Waals surface area contributed by atoms with E-state index in [1.807, 2.05) is 23.9 Å². The summed E-state index contributed by atoms with van der Waals surface area (Å²) in [7, 11) is 0. The third-order valence-electron chi connectivity index (χ3n) is 3.36. The molecule has 0 spiro atoms. The zero-order valence-electron chi connectivity index (χ0n) is 12.6. The Balaban J connectivity index is 2.06. The van der Waals surface area contributed by atoms with E-state index in [-0.39, 0.29) is 6.04 Å². The molecule has 0 heterocycles. The molecule has 0 amide bonds. The highest BCUT2D eigenvalue weighted by molar-refractivity contribution is 7.99. The molecule has 1 nitrogen and oxygen atoms in total. The largest absolute Gasteiger partial charge is 0.309 e. The lowest BCUT2D eigenvalue weighted by Gasteiger charge is -2.20. The van der Waals surface area contributed by atoms with Gasteiger partial charge in [-0.3, -0.25) is 0 Å². The van der Waals surface area contributed by atoms with E-state index in [1.54, 1.807) is 0 Å². The number of hydrogen-bond acceptors (Lipinski definition) is 2. The van der Waals surface area contributed by atoms with Gasteiger partial charge < -0.3 is 5.32 Å². The molecule has 1 atom stereocenters. The number of rotatable bonds is 7. The number of hydrogen-bond donors (Lipinski definition) is 1. The maximum absolute atomic E-state index is 6.35. The lowest BCUT2D eigenvalue weighted by molar-refractivity contribution is 0.577. The van der Waals surface area contributed by atoms with Crippen LogP contribution < -0.4 is 5.32 Å². The van der Waals surface area contributed by atoms with E-state index in [2.05, 4.69) is 55.6 Å². The quantitative estimate of drug-likeness (QED) is 0.678. The van der Waals surface area contributed by atoms with Gasteiger partial charge in [-0.25, -0.2) is 0 Å². The van der Waals surface area contributed by atoms with Gasteiger partial charge in [-0.2, -0.15) is 0 Å². The summed E-state index contributed by atoms with van der Waals surface area (Å²) in [5.41, 5.74) is 2.48. The third-order valence-corrected chi connectivity index (χ3v) is 4.81. The molecule has 0 aliphatic carbocycles. The van der Waals surface area contributed by atoms with Crippen LogP contribution in [0.1, 0.15) is 30.5 Å². The first-order chi connectivity index (χ1) is 10.2. The minimum Gasteiger partial charge on any atom is -0.309 e. The molecule has 0 aliphatic rings. The fourth-order valence-electron chi connectivity index (χ4n) is 2.15. The van der Waals surface area contributed by atoms with Crippen LogP contribution in [-0.2, 0) is 0 Å². The summed E-state index contributed by atoms with van der Waals surface area (Å²) < 4.78 is 0. The zero-order valence-corrected chi connectivity index (χ0v) is 14.2. The van der Waals surface area contributed by atoms with Crippen molar-refractivity contribution >= 4 is 23.4 Å². The van der Waals surface area contributed by atoms with Gasteiger partial charge in [0.15, 0.2) is 0 Å². The highest BCUT2D eigenvalue weighted by Crippen LogP contribution is 2.29. The zero-order chi connectivity index (χ0) is 15.1. The van der Waals surface area contributed by atoms with Crippen molar-refractivity contribution in [1.29, 1.82) is 0 Å². The Morgan fingerprint density at radius 1 is 1.10 bits per heavy atom. The van der Waals surface area contributed by atoms with Gasteiger partial charge in [0.05, 0.1) is 0 Å². The molecule has 0 aliphatic heterocycles. The first-order valence-corrected chi connectivity index (χ1v) is 8.74. The molecule has 0 saturated heterocycles. The van der Waals surface area contributed by atoms with Crippen molar-refractivity contribution in [1.82, 2.24) is 5.32 Å². The maximum Gasteiger partial charge on any atom is 0.0454 e. The van der Waals surface area contributed by atoms with Crippen LogP contribution >= 0.6 is 23.4 Å². The van der Waals surface area contributed by atoms with Crippen LogP contribution in [0.2, 0.25) is 5.02 Å². The monoisotopic (exact) mass is 319 g/mol. The number of nitrogens with one attached hydrogen (secondary N) is 1. The van der Waals surface area contributed by atoms with Crippen LogP contribution in [0, 0.1) is 6.92 Å². The predicted molar refractivity (Wildman–Crippen MR) is 94.4 cm³/mol. The topological polar surface area (TPSA) is 12.0 Å². The van der Waals surface area contributed by atoms with Crippen molar-refractivity contribution in [2.45, 2.75) is 31.2 Å². The van der Waals surface area contributed by atoms with Crippen molar-refractivity contribution in [2.75, 3.05) is 12.3 Å². The summed E-state index contributed by atoms with van der Waals surface area (Å²) in [6.45, 7) is 5.30. The number of benzene rings is 2. The number of aryl methyl sites for hydroxylation is 1. The minimum atomic E-state index is 0.282. The van der Waals surface area contributed by atoms with Gasteiger partial charge in [0.25, 0.3) is 0 Å². The van der Waals surface area contributed by atoms with Gasteiger partial charge in [0.1, 0.15) is 0 Å². The van der Waals surface area contributed by atoms with E-state index in [0.717, 1.165) is 23.7 Å². The van der Waals surface area contributed by atoms with Gasteiger partial charge in [0, 0.05) is 21.7 Å². The van der Waals surface area contributed by atoms with Gasteiger partial charge in [-0.1, -0.05) is 54.4 Å². The summed E-state index contributed by atoms with van der Waals surface area (Å²) in [4.78, 5) is 1.30. The van der Waals surface area contributed by atoms with E-state index in [0.29, 0.717) is 0 Å². The molecule has 0 saturated carbocycles. The second-order valence-corrected chi connectivity index (χ2v) is 6.65. The van der Waals surface area contributed by atoms with Gasteiger partial charge in [-0.15, -0.1) is 11.8 Å². The molecule has 2 rings (SSSR count). The predicted octanol–water partition coefficient (Wildman–Crippen LogP) is 5.48. The molecular weight excluding hydrogens is 298 g/mol. The standard InChI is InChI=1S/C18H22ClNS/c1-3-12-20-18(16-6-4-5-7-17(16)19)13-21-15-10-8-14(2)9-11-15/h4-11,18,20H,3,12-13H2,1-2H3. The summed E-state index contributed by atoms with van der Waals surface area (Å²) in [6, 6.07) is 17.1. The minimum absolute atomic E-state index is 0.282. The molecule has 2 aromatic rings. The highest BCUT2D eigenvalue weighted by Gasteiger charge is 2.14. The van der Waals surface area contributed by atoms with Crippen LogP contribution in [0.3, 0.4) is 0 Å². The maximum atomic E-state index is 6.35. The molecule has 1 unspecified atom stereocenters. The fourth-order valence-corrected chi connectivity index (χ4v) is 3.40. The molecule has 0 radical (unpaired) electrons. The molecule has 3 heteroatoms. The highest BCUT2D eigenvalue weighted by atomic mass is 35.5. The van der Waals surface area contributed by atoms with Crippen molar-refractivity contribution in [3.63, 3.8) is 0 Å². The molecule has 112 valence electrons. The lowest BCUT2D eigenvalue weighted by atomic mass is 10.1. The molecule has 1 N–H and O–H groups in total. The van der Waals surface area contributed by atoms with Crippen LogP contribution in [0.4, 0.5) is 0 Å². The Morgan fingerprint density at radius 2 is 1.81 bits per heavy atom. The average Bonchev–Trinajstić information content (AvgIpc) is 2.50. The molecule has 21 heavy (non-hydrogen) atoms. The third kappa shape index (κ3) is 5.06. The molecule has 0 fully saturated rings. The molecule has 2 aromatic carbocycles. The molecular formula is C18H22ClNS. The first-order valence-electron chi connectivity index (χ1n) is 7.38. The van der Waals surface area contributed by atoms with Gasteiger partial charge in [-0.05, 0) is 43.7 Å². The van der Waals surface area contributed by atoms with Crippen LogP contribution in [-0.4, -0.2) is 12.3 Å². The Morgan fingerprint density at radius 3 is 2.48 bits per heavy atom. The van der Waals surface area contributed by atoms with Gasteiger partial charge >= 0.3 is 0 Å². The van der Waals surface area contributed by atoms with Crippen molar-refractivity contribution < 1.29 is 0 Å². The Labute approximate surface area is 137 Å². The summed E-state index contributed by atoms with van der Waals surface area (Å²) in [5, 5.41) is 4.45. The van der Waals surface area contributed by atoms with Crippen LogP contribution in [0.15, 0.2) is 53.4 Å². The fraction of sp³-hybridized carbons (Fsp3) is 0.333. The second-order valence-electron chi connectivity index (χ2n) is 5.15.